The Hall–Kier alpha value is -1.52. The van der Waals surface area contributed by atoms with Crippen molar-refractivity contribution in [1.82, 2.24) is 4.98 Å². The Balaban J connectivity index is 2.38. The van der Waals surface area contributed by atoms with Crippen LogP contribution < -0.4 is 10.1 Å². The lowest BCUT2D eigenvalue weighted by Crippen LogP contribution is -2.27. The molecule has 102 valence electrons. The number of methoxy groups -OCH3 is 2. The summed E-state index contributed by atoms with van der Waals surface area (Å²) < 4.78 is 10.5. The van der Waals surface area contributed by atoms with Crippen LogP contribution in [0.1, 0.15) is 0 Å². The predicted octanol–water partition coefficient (Wildman–Crippen LogP) is 2.91. The van der Waals surface area contributed by atoms with Gasteiger partial charge < -0.3 is 14.8 Å². The summed E-state index contributed by atoms with van der Waals surface area (Å²) in [6.07, 6.45) is 1.76. The average molecular weight is 281 g/mol. The van der Waals surface area contributed by atoms with Crippen LogP contribution in [0.3, 0.4) is 0 Å². The van der Waals surface area contributed by atoms with E-state index in [1.807, 2.05) is 24.3 Å². The summed E-state index contributed by atoms with van der Waals surface area (Å²) in [5, 5.41) is 5.33. The van der Waals surface area contributed by atoms with Gasteiger partial charge in [-0.25, -0.2) is 4.98 Å². The normalized spacial score (nSPS) is 12.4. The Labute approximate surface area is 117 Å². The van der Waals surface area contributed by atoms with E-state index in [1.54, 1.807) is 20.4 Å². The van der Waals surface area contributed by atoms with Crippen molar-refractivity contribution in [3.8, 4) is 5.75 Å². The number of pyridine rings is 1. The summed E-state index contributed by atoms with van der Waals surface area (Å²) in [4.78, 5) is 4.37. The summed E-state index contributed by atoms with van der Waals surface area (Å²) >= 11 is 5.91. The van der Waals surface area contributed by atoms with E-state index in [-0.39, 0.29) is 6.04 Å². The van der Waals surface area contributed by atoms with E-state index in [2.05, 4.69) is 10.3 Å². The molecule has 0 aliphatic rings. The molecule has 0 aliphatic carbocycles. The van der Waals surface area contributed by atoms with Gasteiger partial charge in [-0.1, -0.05) is 12.1 Å². The first-order chi connectivity index (χ1) is 9.30. The third-order valence-corrected chi connectivity index (χ3v) is 3.25. The summed E-state index contributed by atoms with van der Waals surface area (Å²) in [6, 6.07) is 7.84. The number of aromatic nitrogens is 1. The van der Waals surface area contributed by atoms with Crippen LogP contribution in [0.5, 0.6) is 5.75 Å². The first kappa shape index (κ1) is 13.9. The highest BCUT2D eigenvalue weighted by molar-refractivity contribution is 6.18. The molecule has 1 unspecified atom stereocenters. The number of alkyl halides is 1. The highest BCUT2D eigenvalue weighted by atomic mass is 35.5. The zero-order valence-electron chi connectivity index (χ0n) is 11.0. The fourth-order valence-electron chi connectivity index (χ4n) is 1.99. The van der Waals surface area contributed by atoms with Crippen molar-refractivity contribution in [2.24, 2.45) is 0 Å². The average Bonchev–Trinajstić information content (AvgIpc) is 2.46. The van der Waals surface area contributed by atoms with Gasteiger partial charge in [0.05, 0.1) is 19.8 Å². The second kappa shape index (κ2) is 6.59. The van der Waals surface area contributed by atoms with Gasteiger partial charge in [0.2, 0.25) is 0 Å². The SMILES string of the molecule is COCC(CCl)Nc1nccc2c(OC)cccc12. The monoisotopic (exact) mass is 280 g/mol. The van der Waals surface area contributed by atoms with E-state index in [1.165, 1.54) is 0 Å². The number of hydrogen-bond acceptors (Lipinski definition) is 4. The molecule has 0 radical (unpaired) electrons. The van der Waals surface area contributed by atoms with Crippen LogP contribution in [0.15, 0.2) is 30.5 Å². The number of ether oxygens (including phenoxy) is 2. The van der Waals surface area contributed by atoms with Crippen LogP contribution >= 0.6 is 11.6 Å². The number of anilines is 1. The first-order valence-electron chi connectivity index (χ1n) is 6.03. The second-order valence-corrected chi connectivity index (χ2v) is 4.47. The zero-order valence-corrected chi connectivity index (χ0v) is 11.8. The fourth-order valence-corrected chi connectivity index (χ4v) is 2.16. The number of nitrogens with one attached hydrogen (secondary N) is 1. The lowest BCUT2D eigenvalue weighted by atomic mass is 10.1. The maximum Gasteiger partial charge on any atom is 0.134 e. The minimum Gasteiger partial charge on any atom is -0.496 e. The Morgan fingerprint density at radius 2 is 2.11 bits per heavy atom. The Morgan fingerprint density at radius 3 is 2.79 bits per heavy atom. The summed E-state index contributed by atoms with van der Waals surface area (Å²) in [6.45, 7) is 0.533. The van der Waals surface area contributed by atoms with Gasteiger partial charge in [0.1, 0.15) is 11.6 Å². The van der Waals surface area contributed by atoms with Crippen molar-refractivity contribution in [3.05, 3.63) is 30.5 Å². The molecule has 0 bridgehead atoms. The molecule has 0 aliphatic heterocycles. The molecule has 4 nitrogen and oxygen atoms in total. The highest BCUT2D eigenvalue weighted by Gasteiger charge is 2.11. The van der Waals surface area contributed by atoms with E-state index in [4.69, 9.17) is 21.1 Å². The third kappa shape index (κ3) is 3.08. The number of nitrogens with zero attached hydrogens (tertiary/aromatic N) is 1. The molecule has 1 heterocycles. The molecule has 0 saturated heterocycles. The van der Waals surface area contributed by atoms with Gasteiger partial charge in [0.15, 0.2) is 0 Å². The second-order valence-electron chi connectivity index (χ2n) is 4.17. The molecule has 1 aromatic carbocycles. The fraction of sp³-hybridized carbons (Fsp3) is 0.357. The minimum atomic E-state index is 0.0240. The molecule has 2 aromatic rings. The van der Waals surface area contributed by atoms with Gasteiger partial charge in [-0.3, -0.25) is 0 Å². The number of fused-ring (bicyclic) bond motifs is 1. The predicted molar refractivity (Wildman–Crippen MR) is 78.3 cm³/mol. The molecule has 1 N–H and O–H groups in total. The van der Waals surface area contributed by atoms with Crippen molar-refractivity contribution in [3.63, 3.8) is 0 Å². The van der Waals surface area contributed by atoms with Crippen LogP contribution in [-0.2, 0) is 4.74 Å². The van der Waals surface area contributed by atoms with Gasteiger partial charge in [-0.05, 0) is 12.1 Å². The van der Waals surface area contributed by atoms with Crippen molar-refractivity contribution < 1.29 is 9.47 Å². The van der Waals surface area contributed by atoms with E-state index < -0.39 is 0 Å². The third-order valence-electron chi connectivity index (χ3n) is 2.88. The van der Waals surface area contributed by atoms with E-state index in [0.717, 1.165) is 22.3 Å². The van der Waals surface area contributed by atoms with E-state index >= 15 is 0 Å². The highest BCUT2D eigenvalue weighted by Crippen LogP contribution is 2.29. The number of benzene rings is 1. The number of rotatable bonds is 6. The molecule has 1 aromatic heterocycles. The summed E-state index contributed by atoms with van der Waals surface area (Å²) in [7, 11) is 3.32. The smallest absolute Gasteiger partial charge is 0.134 e. The molecular formula is C14H17ClN2O2. The molecule has 5 heteroatoms. The lowest BCUT2D eigenvalue weighted by Gasteiger charge is -2.17. The molecule has 0 fully saturated rings. The van der Waals surface area contributed by atoms with Gasteiger partial charge >= 0.3 is 0 Å². The van der Waals surface area contributed by atoms with Crippen molar-refractivity contribution >= 4 is 28.2 Å². The summed E-state index contributed by atoms with van der Waals surface area (Å²) in [5.41, 5.74) is 0. The van der Waals surface area contributed by atoms with Crippen molar-refractivity contribution in [2.45, 2.75) is 6.04 Å². The van der Waals surface area contributed by atoms with Gasteiger partial charge in [-0.2, -0.15) is 0 Å². The maximum absolute atomic E-state index is 5.91. The lowest BCUT2D eigenvalue weighted by molar-refractivity contribution is 0.191. The van der Waals surface area contributed by atoms with E-state index in [0.29, 0.717) is 12.5 Å². The maximum atomic E-state index is 5.91. The molecule has 0 spiro atoms. The van der Waals surface area contributed by atoms with Crippen LogP contribution in [0, 0.1) is 0 Å². The number of halogens is 1. The topological polar surface area (TPSA) is 43.4 Å². The largest absolute Gasteiger partial charge is 0.496 e. The van der Waals surface area contributed by atoms with Crippen LogP contribution in [0.25, 0.3) is 10.8 Å². The van der Waals surface area contributed by atoms with Crippen molar-refractivity contribution in [1.29, 1.82) is 0 Å². The minimum absolute atomic E-state index is 0.0240. The quantitative estimate of drug-likeness (QED) is 0.827. The van der Waals surface area contributed by atoms with E-state index in [9.17, 15) is 0 Å². The Morgan fingerprint density at radius 1 is 1.26 bits per heavy atom. The molecule has 0 saturated carbocycles. The van der Waals surface area contributed by atoms with Gasteiger partial charge in [0, 0.05) is 30.0 Å². The molecule has 19 heavy (non-hydrogen) atoms. The number of hydrogen-bond donors (Lipinski definition) is 1. The van der Waals surface area contributed by atoms with Crippen LogP contribution in [0.4, 0.5) is 5.82 Å². The molecule has 1 atom stereocenters. The van der Waals surface area contributed by atoms with Crippen molar-refractivity contribution in [2.75, 3.05) is 32.0 Å². The van der Waals surface area contributed by atoms with Gasteiger partial charge in [0.25, 0.3) is 0 Å². The van der Waals surface area contributed by atoms with Crippen LogP contribution in [-0.4, -0.2) is 37.7 Å². The van der Waals surface area contributed by atoms with Crippen LogP contribution in [0.2, 0.25) is 0 Å². The zero-order chi connectivity index (χ0) is 13.7. The molecule has 0 amide bonds. The summed E-state index contributed by atoms with van der Waals surface area (Å²) in [5.74, 6) is 2.08. The Kier molecular flexibility index (Phi) is 4.82. The Bertz CT molecular complexity index is 548. The first-order valence-corrected chi connectivity index (χ1v) is 6.56. The van der Waals surface area contributed by atoms with Gasteiger partial charge in [-0.15, -0.1) is 11.6 Å². The molecular weight excluding hydrogens is 264 g/mol. The molecule has 2 rings (SSSR count). The standard InChI is InChI=1S/C14H17ClN2O2/c1-18-9-10(8-15)17-14-12-4-3-5-13(19-2)11(12)6-7-16-14/h3-7,10H,8-9H2,1-2H3,(H,16,17).